The van der Waals surface area contributed by atoms with Crippen LogP contribution in [0.4, 0.5) is 0 Å². The Hall–Kier alpha value is -1.29. The quantitative estimate of drug-likeness (QED) is 0.827. The van der Waals surface area contributed by atoms with Crippen molar-refractivity contribution in [3.8, 4) is 0 Å². The minimum atomic E-state index is -0.0479. The predicted octanol–water partition coefficient (Wildman–Crippen LogP) is 1.67. The van der Waals surface area contributed by atoms with E-state index in [1.165, 1.54) is 0 Å². The minimum Gasteiger partial charge on any atom is -0.464 e. The van der Waals surface area contributed by atoms with Gasteiger partial charge in [0.1, 0.15) is 11.5 Å². The molecule has 1 aromatic rings. The van der Waals surface area contributed by atoms with Crippen LogP contribution in [0, 0.1) is 6.92 Å². The van der Waals surface area contributed by atoms with Gasteiger partial charge in [-0.3, -0.25) is 4.79 Å². The van der Waals surface area contributed by atoms with Crippen LogP contribution in [0.5, 0.6) is 0 Å². The Labute approximate surface area is 96.4 Å². The van der Waals surface area contributed by atoms with E-state index in [0.717, 1.165) is 17.9 Å². The van der Waals surface area contributed by atoms with Gasteiger partial charge in [-0.2, -0.15) is 0 Å². The number of rotatable bonds is 5. The average molecular weight is 224 g/mol. The van der Waals surface area contributed by atoms with Crippen molar-refractivity contribution in [2.24, 2.45) is 5.73 Å². The highest BCUT2D eigenvalue weighted by Crippen LogP contribution is 2.09. The lowest BCUT2D eigenvalue weighted by Crippen LogP contribution is -2.32. The SMILES string of the molecule is CCC(N)CC(=O)N(C)Cc1ccc(C)o1. The number of carbonyl (C=O) groups excluding carboxylic acids is 1. The number of carbonyl (C=O) groups is 1. The third-order valence-corrected chi connectivity index (χ3v) is 2.58. The Morgan fingerprint density at radius 1 is 1.56 bits per heavy atom. The lowest BCUT2D eigenvalue weighted by atomic mass is 10.1. The zero-order chi connectivity index (χ0) is 12.1. The van der Waals surface area contributed by atoms with Gasteiger partial charge in [0.05, 0.1) is 6.54 Å². The number of amides is 1. The molecule has 0 radical (unpaired) electrons. The van der Waals surface area contributed by atoms with E-state index in [9.17, 15) is 4.79 Å². The molecule has 1 aromatic heterocycles. The molecule has 4 nitrogen and oxygen atoms in total. The molecule has 1 heterocycles. The fourth-order valence-electron chi connectivity index (χ4n) is 1.42. The topological polar surface area (TPSA) is 59.5 Å². The monoisotopic (exact) mass is 224 g/mol. The summed E-state index contributed by atoms with van der Waals surface area (Å²) < 4.78 is 5.41. The molecule has 0 saturated carbocycles. The van der Waals surface area contributed by atoms with Crippen LogP contribution in [0.1, 0.15) is 31.3 Å². The van der Waals surface area contributed by atoms with Gasteiger partial charge in [0.15, 0.2) is 0 Å². The van der Waals surface area contributed by atoms with Crippen molar-refractivity contribution in [3.63, 3.8) is 0 Å². The van der Waals surface area contributed by atoms with Gasteiger partial charge < -0.3 is 15.1 Å². The second-order valence-electron chi connectivity index (χ2n) is 4.13. The molecule has 2 N–H and O–H groups in total. The Morgan fingerprint density at radius 3 is 2.75 bits per heavy atom. The third kappa shape index (κ3) is 3.70. The molecule has 0 spiro atoms. The summed E-state index contributed by atoms with van der Waals surface area (Å²) in [7, 11) is 1.77. The van der Waals surface area contributed by atoms with Crippen LogP contribution in [0.2, 0.25) is 0 Å². The van der Waals surface area contributed by atoms with Crippen LogP contribution < -0.4 is 5.73 Å². The van der Waals surface area contributed by atoms with Gasteiger partial charge >= 0.3 is 0 Å². The van der Waals surface area contributed by atoms with Crippen molar-refractivity contribution in [1.29, 1.82) is 0 Å². The number of nitrogens with zero attached hydrogens (tertiary/aromatic N) is 1. The van der Waals surface area contributed by atoms with E-state index in [2.05, 4.69) is 0 Å². The summed E-state index contributed by atoms with van der Waals surface area (Å²) in [5.74, 6) is 1.72. The Balaban J connectivity index is 2.45. The summed E-state index contributed by atoms with van der Waals surface area (Å²) in [6, 6.07) is 3.73. The average Bonchev–Trinajstić information content (AvgIpc) is 2.63. The Kier molecular flexibility index (Phi) is 4.55. The lowest BCUT2D eigenvalue weighted by molar-refractivity contribution is -0.131. The number of hydrogen-bond acceptors (Lipinski definition) is 3. The Morgan fingerprint density at radius 2 is 2.25 bits per heavy atom. The van der Waals surface area contributed by atoms with E-state index in [1.807, 2.05) is 26.0 Å². The summed E-state index contributed by atoms with van der Waals surface area (Å²) in [4.78, 5) is 13.4. The molecule has 0 saturated heterocycles. The number of hydrogen-bond donors (Lipinski definition) is 1. The first-order valence-corrected chi connectivity index (χ1v) is 5.57. The van der Waals surface area contributed by atoms with Gasteiger partial charge in [-0.15, -0.1) is 0 Å². The van der Waals surface area contributed by atoms with Gasteiger partial charge in [-0.1, -0.05) is 6.92 Å². The Bertz CT molecular complexity index is 347. The molecule has 1 rings (SSSR count). The molecular weight excluding hydrogens is 204 g/mol. The minimum absolute atomic E-state index is 0.0479. The first kappa shape index (κ1) is 12.8. The van der Waals surface area contributed by atoms with Crippen molar-refractivity contribution in [2.45, 2.75) is 39.3 Å². The maximum absolute atomic E-state index is 11.7. The first-order valence-electron chi connectivity index (χ1n) is 5.57. The predicted molar refractivity (Wildman–Crippen MR) is 62.8 cm³/mol. The molecule has 0 fully saturated rings. The van der Waals surface area contributed by atoms with Crippen molar-refractivity contribution in [1.82, 2.24) is 4.90 Å². The summed E-state index contributed by atoms with van der Waals surface area (Å²) in [6.07, 6.45) is 1.21. The second kappa shape index (κ2) is 5.70. The maximum atomic E-state index is 11.7. The van der Waals surface area contributed by atoms with Crippen molar-refractivity contribution in [3.05, 3.63) is 23.7 Å². The summed E-state index contributed by atoms with van der Waals surface area (Å²) in [5.41, 5.74) is 5.74. The number of aryl methyl sites for hydroxylation is 1. The maximum Gasteiger partial charge on any atom is 0.224 e. The largest absolute Gasteiger partial charge is 0.464 e. The van der Waals surface area contributed by atoms with Crippen LogP contribution in [-0.4, -0.2) is 23.9 Å². The highest BCUT2D eigenvalue weighted by Gasteiger charge is 2.13. The molecule has 4 heteroatoms. The molecular formula is C12H20N2O2. The van der Waals surface area contributed by atoms with Crippen molar-refractivity contribution < 1.29 is 9.21 Å². The highest BCUT2D eigenvalue weighted by atomic mass is 16.3. The van der Waals surface area contributed by atoms with Crippen LogP contribution in [0.15, 0.2) is 16.5 Å². The summed E-state index contributed by atoms with van der Waals surface area (Å²) >= 11 is 0. The molecule has 1 amide bonds. The van der Waals surface area contributed by atoms with Gasteiger partial charge in [0.25, 0.3) is 0 Å². The molecule has 90 valence electrons. The zero-order valence-corrected chi connectivity index (χ0v) is 10.2. The van der Waals surface area contributed by atoms with Crippen LogP contribution in [0.25, 0.3) is 0 Å². The van der Waals surface area contributed by atoms with Gasteiger partial charge in [-0.05, 0) is 25.5 Å². The standard InChI is InChI=1S/C12H20N2O2/c1-4-10(13)7-12(15)14(3)8-11-6-5-9(2)16-11/h5-6,10H,4,7-8,13H2,1-3H3. The summed E-state index contributed by atoms with van der Waals surface area (Å²) in [5, 5.41) is 0. The van der Waals surface area contributed by atoms with Crippen molar-refractivity contribution >= 4 is 5.91 Å². The molecule has 1 unspecified atom stereocenters. The van der Waals surface area contributed by atoms with E-state index in [4.69, 9.17) is 10.2 Å². The molecule has 0 aliphatic heterocycles. The third-order valence-electron chi connectivity index (χ3n) is 2.58. The van der Waals surface area contributed by atoms with E-state index in [1.54, 1.807) is 11.9 Å². The van der Waals surface area contributed by atoms with Crippen molar-refractivity contribution in [2.75, 3.05) is 7.05 Å². The van der Waals surface area contributed by atoms with Crippen LogP contribution >= 0.6 is 0 Å². The lowest BCUT2D eigenvalue weighted by Gasteiger charge is -2.17. The van der Waals surface area contributed by atoms with Gasteiger partial charge in [0, 0.05) is 19.5 Å². The number of furan rings is 1. The van der Waals surface area contributed by atoms with E-state index < -0.39 is 0 Å². The van der Waals surface area contributed by atoms with Crippen LogP contribution in [0.3, 0.4) is 0 Å². The first-order chi connectivity index (χ1) is 7.52. The van der Waals surface area contributed by atoms with E-state index in [-0.39, 0.29) is 11.9 Å². The molecule has 0 aliphatic carbocycles. The molecule has 1 atom stereocenters. The smallest absolute Gasteiger partial charge is 0.224 e. The van der Waals surface area contributed by atoms with Gasteiger partial charge in [0.2, 0.25) is 5.91 Å². The van der Waals surface area contributed by atoms with E-state index >= 15 is 0 Å². The van der Waals surface area contributed by atoms with E-state index in [0.29, 0.717) is 13.0 Å². The normalized spacial score (nSPS) is 12.5. The molecule has 16 heavy (non-hydrogen) atoms. The second-order valence-corrected chi connectivity index (χ2v) is 4.13. The molecule has 0 aromatic carbocycles. The van der Waals surface area contributed by atoms with Gasteiger partial charge in [-0.25, -0.2) is 0 Å². The molecule has 0 aliphatic rings. The highest BCUT2D eigenvalue weighted by molar-refractivity contribution is 5.76. The summed E-state index contributed by atoms with van der Waals surface area (Å²) in [6.45, 7) is 4.37. The fourth-order valence-corrected chi connectivity index (χ4v) is 1.42. The number of nitrogens with two attached hydrogens (primary N) is 1. The zero-order valence-electron chi connectivity index (χ0n) is 10.2. The molecule has 0 bridgehead atoms. The van der Waals surface area contributed by atoms with Crippen LogP contribution in [-0.2, 0) is 11.3 Å². The fraction of sp³-hybridized carbons (Fsp3) is 0.583.